The average molecular weight is 197 g/mol. The standard InChI is InChI=1S/C10H15NO3/c1-3-5-8(10(13)14-2)11-7-4-6-9(11)12/h5H,3-4,6-7H2,1-2H3/b8-5-. The van der Waals surface area contributed by atoms with Crippen molar-refractivity contribution in [3.8, 4) is 0 Å². The molecule has 0 spiro atoms. The fourth-order valence-electron chi connectivity index (χ4n) is 1.50. The predicted molar refractivity (Wildman–Crippen MR) is 51.3 cm³/mol. The maximum absolute atomic E-state index is 11.4. The van der Waals surface area contributed by atoms with Crippen LogP contribution >= 0.6 is 0 Å². The Morgan fingerprint density at radius 1 is 1.64 bits per heavy atom. The van der Waals surface area contributed by atoms with Gasteiger partial charge in [0, 0.05) is 13.0 Å². The number of esters is 1. The lowest BCUT2D eigenvalue weighted by molar-refractivity contribution is -0.140. The number of methoxy groups -OCH3 is 1. The second-order valence-corrected chi connectivity index (χ2v) is 3.14. The van der Waals surface area contributed by atoms with E-state index in [4.69, 9.17) is 0 Å². The highest BCUT2D eigenvalue weighted by molar-refractivity contribution is 5.94. The Morgan fingerprint density at radius 3 is 2.79 bits per heavy atom. The van der Waals surface area contributed by atoms with Crippen molar-refractivity contribution in [3.05, 3.63) is 11.8 Å². The minimum atomic E-state index is -0.429. The highest BCUT2D eigenvalue weighted by atomic mass is 16.5. The molecule has 1 fully saturated rings. The number of carbonyl (C=O) groups excluding carboxylic acids is 2. The van der Waals surface area contributed by atoms with E-state index in [9.17, 15) is 9.59 Å². The summed E-state index contributed by atoms with van der Waals surface area (Å²) in [6.45, 7) is 2.54. The second-order valence-electron chi connectivity index (χ2n) is 3.14. The van der Waals surface area contributed by atoms with Crippen LogP contribution in [-0.2, 0) is 14.3 Å². The molecule has 0 N–H and O–H groups in total. The minimum absolute atomic E-state index is 0.00935. The molecule has 1 aliphatic rings. The number of nitrogens with zero attached hydrogens (tertiary/aromatic N) is 1. The van der Waals surface area contributed by atoms with Crippen LogP contribution in [0.2, 0.25) is 0 Å². The van der Waals surface area contributed by atoms with Crippen molar-refractivity contribution < 1.29 is 14.3 Å². The number of ether oxygens (including phenoxy) is 1. The smallest absolute Gasteiger partial charge is 0.354 e. The third kappa shape index (κ3) is 2.13. The monoisotopic (exact) mass is 197 g/mol. The SMILES string of the molecule is CC/C=C(/C(=O)OC)N1CCCC1=O. The van der Waals surface area contributed by atoms with E-state index in [1.807, 2.05) is 6.92 Å². The zero-order chi connectivity index (χ0) is 10.6. The molecule has 0 aromatic carbocycles. The van der Waals surface area contributed by atoms with E-state index < -0.39 is 5.97 Å². The summed E-state index contributed by atoms with van der Waals surface area (Å²) in [6, 6.07) is 0. The van der Waals surface area contributed by atoms with E-state index in [0.717, 1.165) is 6.42 Å². The zero-order valence-corrected chi connectivity index (χ0v) is 8.58. The van der Waals surface area contributed by atoms with Crippen molar-refractivity contribution in [2.45, 2.75) is 26.2 Å². The lowest BCUT2D eigenvalue weighted by Crippen LogP contribution is -2.29. The quantitative estimate of drug-likeness (QED) is 0.502. The lowest BCUT2D eigenvalue weighted by Gasteiger charge is -2.17. The molecule has 1 aliphatic heterocycles. The second kappa shape index (κ2) is 4.79. The van der Waals surface area contributed by atoms with Gasteiger partial charge in [0.25, 0.3) is 0 Å². The highest BCUT2D eigenvalue weighted by Gasteiger charge is 2.27. The van der Waals surface area contributed by atoms with E-state index in [1.54, 1.807) is 6.08 Å². The lowest BCUT2D eigenvalue weighted by atomic mass is 10.3. The van der Waals surface area contributed by atoms with E-state index >= 15 is 0 Å². The van der Waals surface area contributed by atoms with Crippen LogP contribution in [0.15, 0.2) is 11.8 Å². The van der Waals surface area contributed by atoms with Crippen LogP contribution in [0.1, 0.15) is 26.2 Å². The van der Waals surface area contributed by atoms with Gasteiger partial charge in [0.15, 0.2) is 0 Å². The molecule has 0 aromatic heterocycles. The first-order valence-corrected chi connectivity index (χ1v) is 4.79. The van der Waals surface area contributed by atoms with Crippen LogP contribution in [0.4, 0.5) is 0 Å². The van der Waals surface area contributed by atoms with Crippen LogP contribution in [0.3, 0.4) is 0 Å². The third-order valence-electron chi connectivity index (χ3n) is 2.16. The number of rotatable bonds is 3. The number of likely N-dealkylation sites (tertiary alicyclic amines) is 1. The first kappa shape index (κ1) is 10.8. The Balaban J connectivity index is 2.82. The molecule has 0 saturated carbocycles. The Hall–Kier alpha value is -1.32. The minimum Gasteiger partial charge on any atom is -0.464 e. The van der Waals surface area contributed by atoms with Crippen molar-refractivity contribution in [1.29, 1.82) is 0 Å². The van der Waals surface area contributed by atoms with Gasteiger partial charge in [-0.2, -0.15) is 0 Å². The summed E-state index contributed by atoms with van der Waals surface area (Å²) < 4.78 is 4.62. The summed E-state index contributed by atoms with van der Waals surface area (Å²) in [5.41, 5.74) is 0.387. The summed E-state index contributed by atoms with van der Waals surface area (Å²) in [6.07, 6.45) is 3.79. The third-order valence-corrected chi connectivity index (χ3v) is 2.16. The number of allylic oxidation sites excluding steroid dienone is 1. The Morgan fingerprint density at radius 2 is 2.36 bits per heavy atom. The van der Waals surface area contributed by atoms with Gasteiger partial charge in [0.2, 0.25) is 5.91 Å². The van der Waals surface area contributed by atoms with E-state index in [1.165, 1.54) is 12.0 Å². The molecule has 4 nitrogen and oxygen atoms in total. The molecule has 1 saturated heterocycles. The molecule has 0 aliphatic carbocycles. The molecular weight excluding hydrogens is 182 g/mol. The van der Waals surface area contributed by atoms with Gasteiger partial charge in [-0.05, 0) is 12.8 Å². The predicted octanol–water partition coefficient (Wildman–Crippen LogP) is 1.08. The first-order chi connectivity index (χ1) is 6.70. The summed E-state index contributed by atoms with van der Waals surface area (Å²) in [4.78, 5) is 24.2. The highest BCUT2D eigenvalue weighted by Crippen LogP contribution is 2.17. The van der Waals surface area contributed by atoms with Gasteiger partial charge in [-0.25, -0.2) is 4.79 Å². The van der Waals surface area contributed by atoms with Gasteiger partial charge in [0.1, 0.15) is 5.70 Å². The van der Waals surface area contributed by atoms with Crippen LogP contribution in [0, 0.1) is 0 Å². The fraction of sp³-hybridized carbons (Fsp3) is 0.600. The molecule has 0 atom stereocenters. The van der Waals surface area contributed by atoms with Crippen molar-refractivity contribution in [2.75, 3.05) is 13.7 Å². The van der Waals surface area contributed by atoms with Gasteiger partial charge >= 0.3 is 5.97 Å². The molecule has 1 heterocycles. The van der Waals surface area contributed by atoms with Gasteiger partial charge in [-0.1, -0.05) is 13.0 Å². The van der Waals surface area contributed by atoms with Gasteiger partial charge in [0.05, 0.1) is 7.11 Å². The normalized spacial score (nSPS) is 17.4. The largest absolute Gasteiger partial charge is 0.464 e. The van der Waals surface area contributed by atoms with Crippen molar-refractivity contribution in [1.82, 2.24) is 4.90 Å². The summed E-state index contributed by atoms with van der Waals surface area (Å²) in [5, 5.41) is 0. The van der Waals surface area contributed by atoms with E-state index in [2.05, 4.69) is 4.74 Å². The van der Waals surface area contributed by atoms with E-state index in [-0.39, 0.29) is 5.91 Å². The zero-order valence-electron chi connectivity index (χ0n) is 8.58. The maximum atomic E-state index is 11.4. The first-order valence-electron chi connectivity index (χ1n) is 4.79. The van der Waals surface area contributed by atoms with Crippen molar-refractivity contribution >= 4 is 11.9 Å². The van der Waals surface area contributed by atoms with Crippen LogP contribution in [-0.4, -0.2) is 30.4 Å². The van der Waals surface area contributed by atoms with Gasteiger partial charge < -0.3 is 9.64 Å². The van der Waals surface area contributed by atoms with Crippen molar-refractivity contribution in [3.63, 3.8) is 0 Å². The molecule has 1 amide bonds. The van der Waals surface area contributed by atoms with Crippen LogP contribution in [0.25, 0.3) is 0 Å². The Labute approximate surface area is 83.5 Å². The molecule has 78 valence electrons. The summed E-state index contributed by atoms with van der Waals surface area (Å²) in [7, 11) is 1.33. The van der Waals surface area contributed by atoms with Gasteiger partial charge in [-0.15, -0.1) is 0 Å². The molecule has 0 radical (unpaired) electrons. The molecule has 0 bridgehead atoms. The van der Waals surface area contributed by atoms with Crippen LogP contribution in [0.5, 0.6) is 0 Å². The number of hydrogen-bond acceptors (Lipinski definition) is 3. The maximum Gasteiger partial charge on any atom is 0.354 e. The fourth-order valence-corrected chi connectivity index (χ4v) is 1.50. The Bertz CT molecular complexity index is 271. The molecule has 0 unspecified atom stereocenters. The number of hydrogen-bond donors (Lipinski definition) is 0. The molecule has 4 heteroatoms. The molecule has 1 rings (SSSR count). The average Bonchev–Trinajstić information content (AvgIpc) is 2.60. The number of amides is 1. The molecule has 0 aromatic rings. The summed E-state index contributed by atoms with van der Waals surface area (Å²) in [5.74, 6) is -0.419. The topological polar surface area (TPSA) is 46.6 Å². The Kier molecular flexibility index (Phi) is 3.68. The van der Waals surface area contributed by atoms with Gasteiger partial charge in [-0.3, -0.25) is 4.79 Å². The molecular formula is C10H15NO3. The number of carbonyl (C=O) groups is 2. The van der Waals surface area contributed by atoms with Crippen molar-refractivity contribution in [2.24, 2.45) is 0 Å². The van der Waals surface area contributed by atoms with Crippen LogP contribution < -0.4 is 0 Å². The van der Waals surface area contributed by atoms with E-state index in [0.29, 0.717) is 25.1 Å². The summed E-state index contributed by atoms with van der Waals surface area (Å²) >= 11 is 0. The molecule has 14 heavy (non-hydrogen) atoms.